The fourth-order valence-electron chi connectivity index (χ4n) is 2.33. The molecule has 108 valence electrons. The number of amides is 1. The summed E-state index contributed by atoms with van der Waals surface area (Å²) >= 11 is 0. The zero-order valence-electron chi connectivity index (χ0n) is 11.4. The van der Waals surface area contributed by atoms with E-state index in [4.69, 9.17) is 4.74 Å². The fraction of sp³-hybridized carbons (Fsp3) is 0.267. The van der Waals surface area contributed by atoms with E-state index in [-0.39, 0.29) is 23.9 Å². The lowest BCUT2D eigenvalue weighted by atomic mass is 10.0. The van der Waals surface area contributed by atoms with E-state index in [1.807, 2.05) is 24.3 Å². The Morgan fingerprint density at radius 1 is 1.33 bits per heavy atom. The predicted octanol–water partition coefficient (Wildman–Crippen LogP) is 0.536. The van der Waals surface area contributed by atoms with Crippen LogP contribution in [0.4, 0.5) is 0 Å². The molecule has 6 nitrogen and oxygen atoms in total. The van der Waals surface area contributed by atoms with Crippen molar-refractivity contribution in [3.63, 3.8) is 0 Å². The van der Waals surface area contributed by atoms with Crippen LogP contribution in [-0.4, -0.2) is 28.8 Å². The van der Waals surface area contributed by atoms with Crippen LogP contribution in [0.15, 0.2) is 47.4 Å². The van der Waals surface area contributed by atoms with E-state index in [2.05, 4.69) is 10.4 Å². The summed E-state index contributed by atoms with van der Waals surface area (Å²) in [5.74, 6) is 0.781. The highest BCUT2D eigenvalue weighted by atomic mass is 16.5. The summed E-state index contributed by atoms with van der Waals surface area (Å²) in [7, 11) is 0. The minimum atomic E-state index is -0.290. The lowest BCUT2D eigenvalue weighted by molar-refractivity contribution is -0.122. The third kappa shape index (κ3) is 2.94. The Kier molecular flexibility index (Phi) is 3.68. The maximum Gasteiger partial charge on any atom is 0.267 e. The van der Waals surface area contributed by atoms with Gasteiger partial charge in [0.1, 0.15) is 12.3 Å². The molecule has 1 atom stereocenters. The van der Waals surface area contributed by atoms with Crippen molar-refractivity contribution in [1.29, 1.82) is 0 Å². The molecule has 1 amide bonds. The third-order valence-corrected chi connectivity index (χ3v) is 3.42. The maximum atomic E-state index is 11.9. The van der Waals surface area contributed by atoms with E-state index < -0.39 is 0 Å². The minimum Gasteiger partial charge on any atom is -0.493 e. The highest BCUT2D eigenvalue weighted by molar-refractivity contribution is 5.75. The summed E-state index contributed by atoms with van der Waals surface area (Å²) in [5.41, 5.74) is 0.815. The smallest absolute Gasteiger partial charge is 0.267 e. The predicted molar refractivity (Wildman–Crippen MR) is 76.2 cm³/mol. The zero-order valence-corrected chi connectivity index (χ0v) is 11.4. The van der Waals surface area contributed by atoms with E-state index in [9.17, 15) is 9.59 Å². The third-order valence-electron chi connectivity index (χ3n) is 3.42. The molecule has 3 rings (SSSR count). The summed E-state index contributed by atoms with van der Waals surface area (Å²) in [6.45, 7) is 0.968. The maximum absolute atomic E-state index is 11.9. The molecule has 1 N–H and O–H groups in total. The topological polar surface area (TPSA) is 73.2 Å². The van der Waals surface area contributed by atoms with Gasteiger partial charge in [0.15, 0.2) is 0 Å². The molecular weight excluding hydrogens is 270 g/mol. The van der Waals surface area contributed by atoms with Crippen LogP contribution in [-0.2, 0) is 11.3 Å². The quantitative estimate of drug-likeness (QED) is 0.889. The molecule has 2 heterocycles. The number of nitrogens with one attached hydrogen (secondary N) is 1. The molecule has 0 fully saturated rings. The molecule has 1 aliphatic heterocycles. The number of nitrogens with zero attached hydrogens (tertiary/aromatic N) is 2. The van der Waals surface area contributed by atoms with Crippen LogP contribution in [0.5, 0.6) is 5.75 Å². The number of aromatic nitrogens is 2. The van der Waals surface area contributed by atoms with Gasteiger partial charge in [-0.2, -0.15) is 5.10 Å². The summed E-state index contributed by atoms with van der Waals surface area (Å²) in [6.07, 6.45) is 1.48. The van der Waals surface area contributed by atoms with Gasteiger partial charge in [0.25, 0.3) is 5.56 Å². The largest absolute Gasteiger partial charge is 0.493 e. The highest BCUT2D eigenvalue weighted by Crippen LogP contribution is 2.32. The zero-order chi connectivity index (χ0) is 14.7. The van der Waals surface area contributed by atoms with Crippen LogP contribution >= 0.6 is 0 Å². The van der Waals surface area contributed by atoms with Gasteiger partial charge >= 0.3 is 0 Å². The van der Waals surface area contributed by atoms with Crippen molar-refractivity contribution in [1.82, 2.24) is 15.1 Å². The molecule has 2 aromatic rings. The van der Waals surface area contributed by atoms with E-state index in [0.717, 1.165) is 16.0 Å². The molecule has 1 aromatic heterocycles. The van der Waals surface area contributed by atoms with Gasteiger partial charge < -0.3 is 10.1 Å². The van der Waals surface area contributed by atoms with Crippen molar-refractivity contribution in [2.75, 3.05) is 13.2 Å². The van der Waals surface area contributed by atoms with Gasteiger partial charge in [-0.1, -0.05) is 18.2 Å². The van der Waals surface area contributed by atoms with Gasteiger partial charge in [0.05, 0.1) is 6.61 Å². The van der Waals surface area contributed by atoms with Crippen molar-refractivity contribution in [2.24, 2.45) is 0 Å². The number of fused-ring (bicyclic) bond motifs is 1. The first-order valence-electron chi connectivity index (χ1n) is 6.74. The van der Waals surface area contributed by atoms with Crippen molar-refractivity contribution in [3.8, 4) is 5.75 Å². The molecule has 21 heavy (non-hydrogen) atoms. The molecular formula is C15H15N3O3. The molecule has 6 heteroatoms. The average Bonchev–Trinajstić information content (AvgIpc) is 2.91. The molecule has 0 radical (unpaired) electrons. The summed E-state index contributed by atoms with van der Waals surface area (Å²) in [6, 6.07) is 10.7. The van der Waals surface area contributed by atoms with Gasteiger partial charge in [-0.05, 0) is 12.1 Å². The van der Waals surface area contributed by atoms with Crippen LogP contribution in [0.25, 0.3) is 0 Å². The van der Waals surface area contributed by atoms with Gasteiger partial charge in [-0.3, -0.25) is 9.59 Å². The Hall–Kier alpha value is -2.63. The monoisotopic (exact) mass is 285 g/mol. The van der Waals surface area contributed by atoms with Crippen molar-refractivity contribution in [2.45, 2.75) is 12.5 Å². The number of carbonyl (C=O) groups excluding carboxylic acids is 1. The Labute approximate surface area is 121 Å². The second-order valence-corrected chi connectivity index (χ2v) is 4.87. The normalized spacial score (nSPS) is 16.1. The number of hydrogen-bond donors (Lipinski definition) is 1. The highest BCUT2D eigenvalue weighted by Gasteiger charge is 2.23. The first kappa shape index (κ1) is 13.4. The lowest BCUT2D eigenvalue weighted by Crippen LogP contribution is -2.35. The molecule has 0 bridgehead atoms. The molecule has 1 aromatic carbocycles. The van der Waals surface area contributed by atoms with Gasteiger partial charge in [0, 0.05) is 30.3 Å². The fourth-order valence-corrected chi connectivity index (χ4v) is 2.33. The van der Waals surface area contributed by atoms with Crippen molar-refractivity contribution < 1.29 is 9.53 Å². The van der Waals surface area contributed by atoms with Crippen molar-refractivity contribution >= 4 is 5.91 Å². The molecule has 0 spiro atoms. The van der Waals surface area contributed by atoms with Crippen LogP contribution in [0.2, 0.25) is 0 Å². The Balaban J connectivity index is 1.58. The minimum absolute atomic E-state index is 0.0745. The standard InChI is InChI=1S/C15H15N3O3/c19-14(9-18-15(20)6-3-7-17-18)16-8-11-10-21-13-5-2-1-4-12(11)13/h1-7,11H,8-10H2,(H,16,19)/t11-/m0/s1. The van der Waals surface area contributed by atoms with E-state index in [1.54, 1.807) is 6.07 Å². The number of ether oxygens (including phenoxy) is 1. The summed E-state index contributed by atoms with van der Waals surface area (Å²) < 4.78 is 6.70. The second-order valence-electron chi connectivity index (χ2n) is 4.87. The van der Waals surface area contributed by atoms with Crippen molar-refractivity contribution in [3.05, 3.63) is 58.5 Å². The molecule has 1 aliphatic rings. The van der Waals surface area contributed by atoms with E-state index >= 15 is 0 Å². The Bertz CT molecular complexity index is 711. The molecule has 0 unspecified atom stereocenters. The van der Waals surface area contributed by atoms with Gasteiger partial charge in [-0.15, -0.1) is 0 Å². The molecule has 0 saturated heterocycles. The average molecular weight is 285 g/mol. The Morgan fingerprint density at radius 2 is 2.19 bits per heavy atom. The van der Waals surface area contributed by atoms with E-state index in [1.165, 1.54) is 12.3 Å². The van der Waals surface area contributed by atoms with Crippen LogP contribution in [0.1, 0.15) is 11.5 Å². The summed E-state index contributed by atoms with van der Waals surface area (Å²) in [4.78, 5) is 23.4. The number of benzene rings is 1. The molecule has 0 aliphatic carbocycles. The Morgan fingerprint density at radius 3 is 3.05 bits per heavy atom. The van der Waals surface area contributed by atoms with E-state index in [0.29, 0.717) is 13.2 Å². The first-order valence-corrected chi connectivity index (χ1v) is 6.74. The number of hydrogen-bond acceptors (Lipinski definition) is 4. The second kappa shape index (κ2) is 5.78. The van der Waals surface area contributed by atoms with Gasteiger partial charge in [0.2, 0.25) is 5.91 Å². The lowest BCUT2D eigenvalue weighted by Gasteiger charge is -2.10. The van der Waals surface area contributed by atoms with Crippen LogP contribution < -0.4 is 15.6 Å². The first-order chi connectivity index (χ1) is 10.2. The SMILES string of the molecule is O=C(Cn1ncccc1=O)NC[C@H]1COc2ccccc21. The summed E-state index contributed by atoms with van der Waals surface area (Å²) in [5, 5.41) is 6.68. The van der Waals surface area contributed by atoms with Crippen LogP contribution in [0.3, 0.4) is 0 Å². The number of rotatable bonds is 4. The number of carbonyl (C=O) groups is 1. The van der Waals surface area contributed by atoms with Crippen LogP contribution in [0, 0.1) is 0 Å². The van der Waals surface area contributed by atoms with Gasteiger partial charge in [-0.25, -0.2) is 4.68 Å². The number of para-hydroxylation sites is 1. The molecule has 0 saturated carbocycles.